The summed E-state index contributed by atoms with van der Waals surface area (Å²) < 4.78 is 5.42. The fourth-order valence-corrected chi connectivity index (χ4v) is 1.49. The molecule has 0 spiro atoms. The van der Waals surface area contributed by atoms with Crippen LogP contribution in [-0.2, 0) is 16.0 Å². The van der Waals surface area contributed by atoms with Crippen molar-refractivity contribution >= 4 is 11.9 Å². The van der Waals surface area contributed by atoms with Crippen LogP contribution in [0.2, 0.25) is 0 Å². The lowest BCUT2D eigenvalue weighted by Crippen LogP contribution is -2.34. The minimum absolute atomic E-state index is 0.104. The smallest absolute Gasteiger partial charge is 0.308 e. The highest BCUT2D eigenvalue weighted by Crippen LogP contribution is 2.17. The summed E-state index contributed by atoms with van der Waals surface area (Å²) in [4.78, 5) is 22.1. The van der Waals surface area contributed by atoms with E-state index < -0.39 is 11.9 Å². The van der Waals surface area contributed by atoms with Gasteiger partial charge in [-0.2, -0.15) is 0 Å². The zero-order valence-electron chi connectivity index (χ0n) is 11.2. The maximum atomic E-state index is 11.5. The number of para-hydroxylation sites is 1. The number of hydrogen-bond acceptors (Lipinski definition) is 3. The van der Waals surface area contributed by atoms with Gasteiger partial charge in [0.25, 0.3) is 5.91 Å². The SMILES string of the molecule is CCc1ccccc1OCC(=O)NCC(C)C(=O)O. The molecule has 0 saturated heterocycles. The van der Waals surface area contributed by atoms with E-state index in [0.29, 0.717) is 5.75 Å². The van der Waals surface area contributed by atoms with Gasteiger partial charge in [-0.25, -0.2) is 0 Å². The second-order valence-electron chi connectivity index (χ2n) is 4.29. The molecule has 5 nitrogen and oxygen atoms in total. The van der Waals surface area contributed by atoms with Gasteiger partial charge in [0, 0.05) is 6.54 Å². The molecule has 0 radical (unpaired) electrons. The number of hydrogen-bond donors (Lipinski definition) is 2. The zero-order valence-corrected chi connectivity index (χ0v) is 11.2. The number of ether oxygens (including phenoxy) is 1. The van der Waals surface area contributed by atoms with Gasteiger partial charge in [0.1, 0.15) is 5.75 Å². The molecule has 1 atom stereocenters. The summed E-state index contributed by atoms with van der Waals surface area (Å²) in [6, 6.07) is 7.52. The summed E-state index contributed by atoms with van der Waals surface area (Å²) >= 11 is 0. The number of nitrogens with one attached hydrogen (secondary N) is 1. The van der Waals surface area contributed by atoms with E-state index in [0.717, 1.165) is 12.0 Å². The maximum absolute atomic E-state index is 11.5. The molecule has 0 aliphatic carbocycles. The van der Waals surface area contributed by atoms with E-state index >= 15 is 0 Å². The van der Waals surface area contributed by atoms with E-state index in [1.165, 1.54) is 6.92 Å². The molecule has 1 aromatic rings. The molecular formula is C14H19NO4. The Hall–Kier alpha value is -2.04. The molecule has 19 heavy (non-hydrogen) atoms. The second-order valence-corrected chi connectivity index (χ2v) is 4.29. The van der Waals surface area contributed by atoms with E-state index in [1.807, 2.05) is 31.2 Å². The lowest BCUT2D eigenvalue weighted by molar-refractivity contribution is -0.141. The van der Waals surface area contributed by atoms with Crippen LogP contribution in [-0.4, -0.2) is 30.1 Å². The quantitative estimate of drug-likeness (QED) is 0.782. The van der Waals surface area contributed by atoms with Crippen LogP contribution in [0, 0.1) is 5.92 Å². The van der Waals surface area contributed by atoms with Gasteiger partial charge >= 0.3 is 5.97 Å². The van der Waals surface area contributed by atoms with Crippen LogP contribution in [0.1, 0.15) is 19.4 Å². The van der Waals surface area contributed by atoms with Crippen molar-refractivity contribution in [2.45, 2.75) is 20.3 Å². The summed E-state index contributed by atoms with van der Waals surface area (Å²) in [5, 5.41) is 11.2. The van der Waals surface area contributed by atoms with E-state index in [-0.39, 0.29) is 19.1 Å². The Balaban J connectivity index is 2.40. The molecule has 2 N–H and O–H groups in total. The van der Waals surface area contributed by atoms with Gasteiger partial charge in [-0.05, 0) is 18.1 Å². The van der Waals surface area contributed by atoms with Gasteiger partial charge in [-0.1, -0.05) is 32.0 Å². The summed E-state index contributed by atoms with van der Waals surface area (Å²) in [5.41, 5.74) is 1.04. The number of aryl methyl sites for hydroxylation is 1. The molecule has 0 aromatic heterocycles. The molecule has 5 heteroatoms. The second kappa shape index (κ2) is 7.41. The van der Waals surface area contributed by atoms with E-state index in [2.05, 4.69) is 5.32 Å². The third-order valence-corrected chi connectivity index (χ3v) is 2.74. The number of amides is 1. The fourth-order valence-electron chi connectivity index (χ4n) is 1.49. The van der Waals surface area contributed by atoms with Gasteiger partial charge in [-0.3, -0.25) is 9.59 Å². The van der Waals surface area contributed by atoms with Crippen molar-refractivity contribution < 1.29 is 19.4 Å². The number of carboxylic acids is 1. The molecule has 0 aliphatic rings. The summed E-state index contributed by atoms with van der Waals surface area (Å²) in [5.74, 6) is -1.17. The highest BCUT2D eigenvalue weighted by Gasteiger charge is 2.12. The van der Waals surface area contributed by atoms with Crippen molar-refractivity contribution in [3.63, 3.8) is 0 Å². The Bertz CT molecular complexity index is 445. The van der Waals surface area contributed by atoms with Gasteiger partial charge in [0.15, 0.2) is 6.61 Å². The van der Waals surface area contributed by atoms with Gasteiger partial charge in [-0.15, -0.1) is 0 Å². The molecule has 104 valence electrons. The van der Waals surface area contributed by atoms with Crippen LogP contribution < -0.4 is 10.1 Å². The third kappa shape index (κ3) is 4.99. The number of aliphatic carboxylic acids is 1. The van der Waals surface area contributed by atoms with Gasteiger partial charge in [0.2, 0.25) is 0 Å². The van der Waals surface area contributed by atoms with Gasteiger partial charge in [0.05, 0.1) is 5.92 Å². The molecule has 0 saturated carbocycles. The van der Waals surface area contributed by atoms with Crippen molar-refractivity contribution in [2.24, 2.45) is 5.92 Å². The Morgan fingerprint density at radius 1 is 1.37 bits per heavy atom. The van der Waals surface area contributed by atoms with Crippen LogP contribution in [0.25, 0.3) is 0 Å². The van der Waals surface area contributed by atoms with Crippen LogP contribution in [0.15, 0.2) is 24.3 Å². The van der Waals surface area contributed by atoms with Gasteiger partial charge < -0.3 is 15.2 Å². The van der Waals surface area contributed by atoms with Crippen LogP contribution in [0.4, 0.5) is 0 Å². The predicted molar refractivity (Wildman–Crippen MR) is 71.1 cm³/mol. The lowest BCUT2D eigenvalue weighted by Gasteiger charge is -2.11. The average Bonchev–Trinajstić information content (AvgIpc) is 2.42. The molecule has 1 aromatic carbocycles. The first-order valence-corrected chi connectivity index (χ1v) is 6.24. The first kappa shape index (κ1) is 15.0. The summed E-state index contributed by atoms with van der Waals surface area (Å²) in [6.07, 6.45) is 0.827. The van der Waals surface area contributed by atoms with Crippen LogP contribution >= 0.6 is 0 Å². The zero-order chi connectivity index (χ0) is 14.3. The lowest BCUT2D eigenvalue weighted by atomic mass is 10.1. The van der Waals surface area contributed by atoms with Crippen LogP contribution in [0.3, 0.4) is 0 Å². The number of rotatable bonds is 7. The molecular weight excluding hydrogens is 246 g/mol. The van der Waals surface area contributed by atoms with Crippen molar-refractivity contribution in [3.8, 4) is 5.75 Å². The molecule has 1 amide bonds. The molecule has 0 fully saturated rings. The van der Waals surface area contributed by atoms with E-state index in [1.54, 1.807) is 0 Å². The summed E-state index contributed by atoms with van der Waals surface area (Å²) in [6.45, 7) is 3.54. The molecule has 1 rings (SSSR count). The van der Waals surface area contributed by atoms with Crippen molar-refractivity contribution in [3.05, 3.63) is 29.8 Å². The number of carbonyl (C=O) groups excluding carboxylic acids is 1. The topological polar surface area (TPSA) is 75.6 Å². The Morgan fingerprint density at radius 2 is 2.05 bits per heavy atom. The molecule has 1 unspecified atom stereocenters. The third-order valence-electron chi connectivity index (χ3n) is 2.74. The average molecular weight is 265 g/mol. The predicted octanol–water partition coefficient (Wildman–Crippen LogP) is 1.46. The largest absolute Gasteiger partial charge is 0.483 e. The maximum Gasteiger partial charge on any atom is 0.308 e. The fraction of sp³-hybridized carbons (Fsp3) is 0.429. The molecule has 0 aliphatic heterocycles. The highest BCUT2D eigenvalue weighted by molar-refractivity contribution is 5.78. The summed E-state index contributed by atoms with van der Waals surface area (Å²) in [7, 11) is 0. The molecule has 0 bridgehead atoms. The van der Waals surface area contributed by atoms with E-state index in [4.69, 9.17) is 9.84 Å². The monoisotopic (exact) mass is 265 g/mol. The van der Waals surface area contributed by atoms with Crippen LogP contribution in [0.5, 0.6) is 5.75 Å². The van der Waals surface area contributed by atoms with Crippen molar-refractivity contribution in [2.75, 3.05) is 13.2 Å². The van der Waals surface area contributed by atoms with Crippen molar-refractivity contribution in [1.29, 1.82) is 0 Å². The first-order valence-electron chi connectivity index (χ1n) is 6.24. The minimum Gasteiger partial charge on any atom is -0.483 e. The van der Waals surface area contributed by atoms with Crippen molar-refractivity contribution in [1.82, 2.24) is 5.32 Å². The highest BCUT2D eigenvalue weighted by atomic mass is 16.5. The standard InChI is InChI=1S/C14H19NO4/c1-3-11-6-4-5-7-12(11)19-9-13(16)15-8-10(2)14(17)18/h4-7,10H,3,8-9H2,1-2H3,(H,15,16)(H,17,18). The Morgan fingerprint density at radius 3 is 2.68 bits per heavy atom. The number of benzene rings is 1. The van der Waals surface area contributed by atoms with E-state index in [9.17, 15) is 9.59 Å². The Labute approximate surface area is 112 Å². The molecule has 0 heterocycles. The number of carbonyl (C=O) groups is 2. The minimum atomic E-state index is -0.933. The Kier molecular flexibility index (Phi) is 5.85. The number of carboxylic acid groups (broad SMARTS) is 1. The first-order chi connectivity index (χ1) is 9.04. The normalized spacial score (nSPS) is 11.7.